The summed E-state index contributed by atoms with van der Waals surface area (Å²) in [4.78, 5) is 21.8. The highest BCUT2D eigenvalue weighted by molar-refractivity contribution is 6.33. The first-order chi connectivity index (χ1) is 8.99. The predicted octanol–water partition coefficient (Wildman–Crippen LogP) is 1.32. The van der Waals surface area contributed by atoms with E-state index in [2.05, 4.69) is 25.9 Å². The van der Waals surface area contributed by atoms with E-state index in [0.717, 1.165) is 0 Å². The van der Waals surface area contributed by atoms with E-state index in [9.17, 15) is 14.9 Å². The van der Waals surface area contributed by atoms with Gasteiger partial charge in [-0.15, -0.1) is 10.2 Å². The Morgan fingerprint density at radius 2 is 2.26 bits per heavy atom. The summed E-state index contributed by atoms with van der Waals surface area (Å²) in [5.74, 6) is -0.740. The molecule has 1 aromatic heterocycles. The van der Waals surface area contributed by atoms with Gasteiger partial charge in [0.1, 0.15) is 5.02 Å². The van der Waals surface area contributed by atoms with Crippen LogP contribution in [-0.2, 0) is 0 Å². The Morgan fingerprint density at radius 3 is 2.84 bits per heavy atom. The number of carbonyl (C=O) groups is 1. The number of anilines is 1. The number of hydrogen-bond donors (Lipinski definition) is 2. The van der Waals surface area contributed by atoms with Crippen LogP contribution in [0.1, 0.15) is 16.2 Å². The summed E-state index contributed by atoms with van der Waals surface area (Å²) in [6, 6.07) is 2.57. The van der Waals surface area contributed by atoms with E-state index in [1.807, 2.05) is 0 Å². The van der Waals surface area contributed by atoms with E-state index in [1.54, 1.807) is 6.92 Å². The van der Waals surface area contributed by atoms with Gasteiger partial charge < -0.3 is 5.32 Å². The van der Waals surface area contributed by atoms with Gasteiger partial charge in [0.25, 0.3) is 17.4 Å². The molecule has 0 radical (unpaired) electrons. The van der Waals surface area contributed by atoms with Gasteiger partial charge in [-0.05, 0) is 23.8 Å². The fraction of sp³-hybridized carbons (Fsp3) is 0.111. The van der Waals surface area contributed by atoms with Crippen LogP contribution in [0.15, 0.2) is 12.1 Å². The normalized spacial score (nSPS) is 10.2. The SMILES string of the molecule is Cc1cc([N+](=O)[O-])c(Cl)cc1NC(=O)c1nn[nH]n1. The van der Waals surface area contributed by atoms with Crippen LogP contribution in [0, 0.1) is 17.0 Å². The lowest BCUT2D eigenvalue weighted by atomic mass is 10.1. The summed E-state index contributed by atoms with van der Waals surface area (Å²) in [5.41, 5.74) is 0.607. The van der Waals surface area contributed by atoms with Crippen LogP contribution < -0.4 is 5.32 Å². The minimum Gasteiger partial charge on any atom is -0.319 e. The molecule has 98 valence electrons. The van der Waals surface area contributed by atoms with Crippen molar-refractivity contribution in [2.45, 2.75) is 6.92 Å². The molecule has 0 spiro atoms. The third-order valence-corrected chi connectivity index (χ3v) is 2.59. The second-order valence-electron chi connectivity index (χ2n) is 3.57. The molecular weight excluding hydrogens is 276 g/mol. The number of tetrazole rings is 1. The fourth-order valence-electron chi connectivity index (χ4n) is 1.38. The van der Waals surface area contributed by atoms with Gasteiger partial charge in [0.05, 0.1) is 4.92 Å². The van der Waals surface area contributed by atoms with Crippen molar-refractivity contribution >= 4 is 28.9 Å². The summed E-state index contributed by atoms with van der Waals surface area (Å²) in [5, 5.41) is 25.5. The Hall–Kier alpha value is -2.55. The number of benzene rings is 1. The topological polar surface area (TPSA) is 127 Å². The highest BCUT2D eigenvalue weighted by Gasteiger charge is 2.17. The maximum Gasteiger partial charge on any atom is 0.297 e. The van der Waals surface area contributed by atoms with Crippen LogP contribution >= 0.6 is 11.6 Å². The molecule has 0 saturated heterocycles. The Morgan fingerprint density at radius 1 is 1.53 bits per heavy atom. The molecule has 0 saturated carbocycles. The maximum absolute atomic E-state index is 11.7. The average molecular weight is 283 g/mol. The van der Waals surface area contributed by atoms with Gasteiger partial charge in [-0.2, -0.15) is 5.21 Å². The molecule has 0 aliphatic carbocycles. The molecule has 2 rings (SSSR count). The van der Waals surface area contributed by atoms with Crippen molar-refractivity contribution in [1.29, 1.82) is 0 Å². The van der Waals surface area contributed by atoms with Gasteiger partial charge >= 0.3 is 0 Å². The van der Waals surface area contributed by atoms with Crippen molar-refractivity contribution in [3.8, 4) is 0 Å². The third kappa shape index (κ3) is 2.65. The van der Waals surface area contributed by atoms with Crippen molar-refractivity contribution in [3.05, 3.63) is 38.7 Å². The quantitative estimate of drug-likeness (QED) is 0.645. The minimum absolute atomic E-state index is 0.0704. The minimum atomic E-state index is -0.597. The monoisotopic (exact) mass is 282 g/mol. The number of amides is 1. The summed E-state index contributed by atoms with van der Waals surface area (Å²) in [6.45, 7) is 1.61. The summed E-state index contributed by atoms with van der Waals surface area (Å²) in [6.07, 6.45) is 0. The summed E-state index contributed by atoms with van der Waals surface area (Å²) < 4.78 is 0. The van der Waals surface area contributed by atoms with Crippen LogP contribution in [0.3, 0.4) is 0 Å². The molecular formula is C9H7ClN6O3. The molecule has 10 heteroatoms. The fourth-order valence-corrected chi connectivity index (χ4v) is 1.61. The zero-order valence-electron chi connectivity index (χ0n) is 9.55. The van der Waals surface area contributed by atoms with E-state index in [0.29, 0.717) is 11.3 Å². The van der Waals surface area contributed by atoms with Gasteiger partial charge in [0.2, 0.25) is 0 Å². The number of halogens is 1. The number of rotatable bonds is 3. The standard InChI is InChI=1S/C9H7ClN6O3/c1-4-2-7(16(18)19)5(10)3-6(4)11-9(17)8-12-14-15-13-8/h2-3H,1H3,(H,11,17)(H,12,13,14,15). The summed E-state index contributed by atoms with van der Waals surface area (Å²) >= 11 is 5.76. The molecule has 0 aliphatic heterocycles. The molecule has 1 heterocycles. The first kappa shape index (κ1) is 12.9. The van der Waals surface area contributed by atoms with Crippen LogP contribution in [0.2, 0.25) is 5.02 Å². The lowest BCUT2D eigenvalue weighted by Crippen LogP contribution is -2.14. The van der Waals surface area contributed by atoms with Crippen LogP contribution in [0.25, 0.3) is 0 Å². The number of aryl methyl sites for hydroxylation is 1. The van der Waals surface area contributed by atoms with E-state index in [1.165, 1.54) is 12.1 Å². The molecule has 0 bridgehead atoms. The molecule has 9 nitrogen and oxygen atoms in total. The van der Waals surface area contributed by atoms with Gasteiger partial charge in [-0.1, -0.05) is 11.6 Å². The number of nitrogens with zero attached hydrogens (tertiary/aromatic N) is 4. The molecule has 0 unspecified atom stereocenters. The number of aromatic nitrogens is 4. The number of nitrogens with one attached hydrogen (secondary N) is 2. The molecule has 0 fully saturated rings. The van der Waals surface area contributed by atoms with E-state index in [4.69, 9.17) is 11.6 Å². The van der Waals surface area contributed by atoms with Crippen molar-refractivity contribution in [2.24, 2.45) is 0 Å². The Kier molecular flexibility index (Phi) is 3.38. The zero-order chi connectivity index (χ0) is 14.0. The molecule has 0 aliphatic rings. The molecule has 1 aromatic carbocycles. The number of H-pyrrole nitrogens is 1. The highest BCUT2D eigenvalue weighted by Crippen LogP contribution is 2.30. The van der Waals surface area contributed by atoms with Crippen molar-refractivity contribution in [1.82, 2.24) is 20.6 Å². The molecule has 1 amide bonds. The number of aromatic amines is 1. The molecule has 19 heavy (non-hydrogen) atoms. The number of nitro groups is 1. The first-order valence-electron chi connectivity index (χ1n) is 4.98. The van der Waals surface area contributed by atoms with Gasteiger partial charge in [-0.3, -0.25) is 14.9 Å². The maximum atomic E-state index is 11.7. The van der Waals surface area contributed by atoms with Crippen LogP contribution in [-0.4, -0.2) is 31.5 Å². The third-order valence-electron chi connectivity index (χ3n) is 2.29. The van der Waals surface area contributed by atoms with Gasteiger partial charge in [0, 0.05) is 11.8 Å². The largest absolute Gasteiger partial charge is 0.319 e. The molecule has 2 aromatic rings. The van der Waals surface area contributed by atoms with Crippen LogP contribution in [0.4, 0.5) is 11.4 Å². The average Bonchev–Trinajstić information content (AvgIpc) is 2.86. The number of nitro benzene ring substituents is 1. The lowest BCUT2D eigenvalue weighted by molar-refractivity contribution is -0.384. The van der Waals surface area contributed by atoms with E-state index < -0.39 is 10.8 Å². The Balaban J connectivity index is 2.29. The van der Waals surface area contributed by atoms with Gasteiger partial charge in [-0.25, -0.2) is 0 Å². The Bertz CT molecular complexity index is 642. The lowest BCUT2D eigenvalue weighted by Gasteiger charge is -2.07. The van der Waals surface area contributed by atoms with Crippen molar-refractivity contribution in [2.75, 3.05) is 5.32 Å². The Labute approximate surface area is 111 Å². The van der Waals surface area contributed by atoms with Crippen LogP contribution in [0.5, 0.6) is 0 Å². The van der Waals surface area contributed by atoms with E-state index >= 15 is 0 Å². The molecule has 2 N–H and O–H groups in total. The van der Waals surface area contributed by atoms with Crippen molar-refractivity contribution < 1.29 is 9.72 Å². The second kappa shape index (κ2) is 4.98. The second-order valence-corrected chi connectivity index (χ2v) is 3.97. The van der Waals surface area contributed by atoms with Crippen molar-refractivity contribution in [3.63, 3.8) is 0 Å². The predicted molar refractivity (Wildman–Crippen MR) is 65.0 cm³/mol. The molecule has 0 atom stereocenters. The first-order valence-corrected chi connectivity index (χ1v) is 5.36. The van der Waals surface area contributed by atoms with Gasteiger partial charge in [0.15, 0.2) is 0 Å². The smallest absolute Gasteiger partial charge is 0.297 e. The highest BCUT2D eigenvalue weighted by atomic mass is 35.5. The number of hydrogen-bond acceptors (Lipinski definition) is 6. The summed E-state index contributed by atoms with van der Waals surface area (Å²) in [7, 11) is 0. The number of carbonyl (C=O) groups excluding carboxylic acids is 1. The van der Waals surface area contributed by atoms with E-state index in [-0.39, 0.29) is 16.5 Å². The zero-order valence-corrected chi connectivity index (χ0v) is 10.3.